The lowest BCUT2D eigenvalue weighted by molar-refractivity contribution is 0.102. The van der Waals surface area contributed by atoms with E-state index < -0.39 is 0 Å². The summed E-state index contributed by atoms with van der Waals surface area (Å²) in [5, 5.41) is 2.74. The fraction of sp³-hybridized carbons (Fsp3) is 0.0588. The Bertz CT molecular complexity index is 779. The second-order valence-electron chi connectivity index (χ2n) is 4.69. The molecule has 3 rings (SSSR count). The number of amides is 1. The zero-order valence-electron chi connectivity index (χ0n) is 12.2. The van der Waals surface area contributed by atoms with E-state index in [0.717, 1.165) is 5.56 Å². The van der Waals surface area contributed by atoms with Crippen LogP contribution in [0, 0.1) is 0 Å². The molecule has 3 heterocycles. The molecule has 0 spiro atoms. The van der Waals surface area contributed by atoms with Crippen molar-refractivity contribution in [1.29, 1.82) is 0 Å². The van der Waals surface area contributed by atoms with Crippen LogP contribution >= 0.6 is 0 Å². The normalized spacial score (nSPS) is 10.1. The Morgan fingerprint density at radius 3 is 2.61 bits per heavy atom. The number of nitrogens with one attached hydrogen (secondary N) is 1. The largest absolute Gasteiger partial charge is 0.485 e. The number of ether oxygens (including phenoxy) is 1. The third kappa shape index (κ3) is 3.88. The molecule has 0 aliphatic rings. The number of hydrogen-bond donors (Lipinski definition) is 1. The molecule has 0 unspecified atom stereocenters. The second-order valence-corrected chi connectivity index (χ2v) is 4.69. The van der Waals surface area contributed by atoms with Gasteiger partial charge in [0.05, 0.1) is 5.56 Å². The number of carbonyl (C=O) groups excluding carboxylic acids is 1. The molecule has 1 amide bonds. The first-order valence-corrected chi connectivity index (χ1v) is 7.01. The maximum atomic E-state index is 12.2. The van der Waals surface area contributed by atoms with E-state index in [1.54, 1.807) is 49.1 Å². The SMILES string of the molecule is O=C(Nc1ncccc1OCc1ccncc1)c1cccnc1. The minimum absolute atomic E-state index is 0.287. The Labute approximate surface area is 133 Å². The fourth-order valence-electron chi connectivity index (χ4n) is 1.92. The van der Waals surface area contributed by atoms with Crippen molar-refractivity contribution in [2.24, 2.45) is 0 Å². The monoisotopic (exact) mass is 306 g/mol. The Kier molecular flexibility index (Phi) is 4.54. The highest BCUT2D eigenvalue weighted by Gasteiger charge is 2.11. The molecule has 6 nitrogen and oxygen atoms in total. The molecule has 0 aliphatic carbocycles. The molecule has 0 aliphatic heterocycles. The van der Waals surface area contributed by atoms with Crippen LogP contribution in [0.25, 0.3) is 0 Å². The zero-order chi connectivity index (χ0) is 15.9. The van der Waals surface area contributed by atoms with Gasteiger partial charge in [-0.15, -0.1) is 0 Å². The Morgan fingerprint density at radius 2 is 1.83 bits per heavy atom. The molecule has 23 heavy (non-hydrogen) atoms. The summed E-state index contributed by atoms with van der Waals surface area (Å²) >= 11 is 0. The highest BCUT2D eigenvalue weighted by atomic mass is 16.5. The molecule has 0 saturated heterocycles. The van der Waals surface area contributed by atoms with Gasteiger partial charge in [0.15, 0.2) is 11.6 Å². The van der Waals surface area contributed by atoms with Crippen molar-refractivity contribution >= 4 is 11.7 Å². The second kappa shape index (κ2) is 7.13. The van der Waals surface area contributed by atoms with Crippen LogP contribution in [-0.2, 0) is 6.61 Å². The quantitative estimate of drug-likeness (QED) is 0.784. The minimum Gasteiger partial charge on any atom is -0.485 e. The van der Waals surface area contributed by atoms with Gasteiger partial charge in [0.1, 0.15) is 6.61 Å². The number of carbonyl (C=O) groups is 1. The van der Waals surface area contributed by atoms with Crippen LogP contribution in [0.4, 0.5) is 5.82 Å². The number of rotatable bonds is 5. The molecule has 3 aromatic rings. The molecule has 6 heteroatoms. The van der Waals surface area contributed by atoms with Crippen LogP contribution in [0.3, 0.4) is 0 Å². The van der Waals surface area contributed by atoms with E-state index >= 15 is 0 Å². The molecule has 114 valence electrons. The van der Waals surface area contributed by atoms with Gasteiger partial charge in [0.25, 0.3) is 5.91 Å². The van der Waals surface area contributed by atoms with E-state index in [4.69, 9.17) is 4.74 Å². The minimum atomic E-state index is -0.287. The molecule has 0 aromatic carbocycles. The number of anilines is 1. The fourth-order valence-corrected chi connectivity index (χ4v) is 1.92. The summed E-state index contributed by atoms with van der Waals surface area (Å²) in [5.41, 5.74) is 1.44. The molecule has 0 atom stereocenters. The first-order valence-electron chi connectivity index (χ1n) is 7.01. The summed E-state index contributed by atoms with van der Waals surface area (Å²) in [6.07, 6.45) is 8.11. The van der Waals surface area contributed by atoms with E-state index in [2.05, 4.69) is 20.3 Å². The van der Waals surface area contributed by atoms with Gasteiger partial charge in [0, 0.05) is 31.0 Å². The number of hydrogen-bond acceptors (Lipinski definition) is 5. The van der Waals surface area contributed by atoms with Gasteiger partial charge in [-0.2, -0.15) is 0 Å². The molecular formula is C17H14N4O2. The maximum absolute atomic E-state index is 12.2. The predicted molar refractivity (Wildman–Crippen MR) is 85.0 cm³/mol. The van der Waals surface area contributed by atoms with E-state index in [9.17, 15) is 4.79 Å². The summed E-state index contributed by atoms with van der Waals surface area (Å²) in [6, 6.07) is 10.6. The van der Waals surface area contributed by atoms with Crippen molar-refractivity contribution in [1.82, 2.24) is 15.0 Å². The van der Waals surface area contributed by atoms with Crippen LogP contribution in [0.5, 0.6) is 5.75 Å². The van der Waals surface area contributed by atoms with Crippen LogP contribution < -0.4 is 10.1 Å². The summed E-state index contributed by atoms with van der Waals surface area (Å²) in [4.78, 5) is 24.2. The topological polar surface area (TPSA) is 77.0 Å². The predicted octanol–water partition coefficient (Wildman–Crippen LogP) is 2.70. The van der Waals surface area contributed by atoms with Gasteiger partial charge >= 0.3 is 0 Å². The third-order valence-corrected chi connectivity index (χ3v) is 3.07. The molecule has 1 N–H and O–H groups in total. The Morgan fingerprint density at radius 1 is 1.00 bits per heavy atom. The summed E-state index contributed by atoms with van der Waals surface area (Å²) < 4.78 is 5.74. The van der Waals surface area contributed by atoms with Gasteiger partial charge in [-0.3, -0.25) is 14.8 Å². The summed E-state index contributed by atoms with van der Waals surface area (Å²) in [6.45, 7) is 0.365. The molecule has 3 aromatic heterocycles. The van der Waals surface area contributed by atoms with Gasteiger partial charge in [0.2, 0.25) is 0 Å². The smallest absolute Gasteiger partial charge is 0.258 e. The van der Waals surface area contributed by atoms with E-state index in [0.29, 0.717) is 23.7 Å². The van der Waals surface area contributed by atoms with Gasteiger partial charge in [-0.25, -0.2) is 4.98 Å². The summed E-state index contributed by atoms with van der Waals surface area (Å²) in [5.74, 6) is 0.586. The molecule has 0 fully saturated rings. The molecular weight excluding hydrogens is 292 g/mol. The van der Waals surface area contributed by atoms with Gasteiger partial charge < -0.3 is 10.1 Å². The lowest BCUT2D eigenvalue weighted by Crippen LogP contribution is -2.14. The Balaban J connectivity index is 1.72. The van der Waals surface area contributed by atoms with Gasteiger partial charge in [-0.05, 0) is 42.0 Å². The lowest BCUT2D eigenvalue weighted by Gasteiger charge is -2.11. The van der Waals surface area contributed by atoms with Crippen LogP contribution in [0.1, 0.15) is 15.9 Å². The van der Waals surface area contributed by atoms with E-state index in [1.165, 1.54) is 6.20 Å². The van der Waals surface area contributed by atoms with Crippen LogP contribution in [0.15, 0.2) is 67.4 Å². The highest BCUT2D eigenvalue weighted by molar-refractivity contribution is 6.04. The van der Waals surface area contributed by atoms with Gasteiger partial charge in [-0.1, -0.05) is 0 Å². The molecule has 0 radical (unpaired) electrons. The van der Waals surface area contributed by atoms with E-state index in [-0.39, 0.29) is 5.91 Å². The van der Waals surface area contributed by atoms with Crippen molar-refractivity contribution in [2.45, 2.75) is 6.61 Å². The first kappa shape index (κ1) is 14.6. The molecule has 0 bridgehead atoms. The maximum Gasteiger partial charge on any atom is 0.258 e. The average molecular weight is 306 g/mol. The zero-order valence-corrected chi connectivity index (χ0v) is 12.2. The van der Waals surface area contributed by atoms with Crippen molar-refractivity contribution in [3.8, 4) is 5.75 Å². The third-order valence-electron chi connectivity index (χ3n) is 3.07. The number of pyridine rings is 3. The highest BCUT2D eigenvalue weighted by Crippen LogP contribution is 2.22. The van der Waals surface area contributed by atoms with Crippen LogP contribution in [-0.4, -0.2) is 20.9 Å². The first-order chi connectivity index (χ1) is 11.3. The standard InChI is InChI=1S/C17H14N4O2/c22-17(14-3-1-7-19-11-14)21-16-15(4-2-8-20-16)23-12-13-5-9-18-10-6-13/h1-11H,12H2,(H,20,21,22). The molecule has 0 saturated carbocycles. The summed E-state index contributed by atoms with van der Waals surface area (Å²) in [7, 11) is 0. The van der Waals surface area contributed by atoms with Crippen molar-refractivity contribution in [3.05, 3.63) is 78.5 Å². The number of nitrogens with zero attached hydrogens (tertiary/aromatic N) is 3. The van der Waals surface area contributed by atoms with Crippen molar-refractivity contribution < 1.29 is 9.53 Å². The van der Waals surface area contributed by atoms with Crippen molar-refractivity contribution in [3.63, 3.8) is 0 Å². The lowest BCUT2D eigenvalue weighted by atomic mass is 10.2. The van der Waals surface area contributed by atoms with Crippen molar-refractivity contribution in [2.75, 3.05) is 5.32 Å². The Hall–Kier alpha value is -3.28. The van der Waals surface area contributed by atoms with Crippen LogP contribution in [0.2, 0.25) is 0 Å². The number of aromatic nitrogens is 3. The average Bonchev–Trinajstić information content (AvgIpc) is 2.62. The van der Waals surface area contributed by atoms with E-state index in [1.807, 2.05) is 12.1 Å².